The first-order valence-corrected chi connectivity index (χ1v) is 8.32. The van der Waals surface area contributed by atoms with Gasteiger partial charge in [-0.15, -0.1) is 12.6 Å². The molecule has 3 rings (SSSR count). The Morgan fingerprint density at radius 1 is 1.29 bits per heavy atom. The average Bonchev–Trinajstić information content (AvgIpc) is 2.82. The fourth-order valence-corrected chi connectivity index (χ4v) is 3.57. The largest absolute Gasteiger partial charge is 0.298 e. The summed E-state index contributed by atoms with van der Waals surface area (Å²) in [5.41, 5.74) is 1.32. The number of nitrogens with zero attached hydrogens (tertiary/aromatic N) is 1. The molecule has 0 unspecified atom stereocenters. The molecule has 0 aliphatic rings. The Labute approximate surface area is 143 Å². The minimum absolute atomic E-state index is 0.233. The standard InChI is InChI=1S/C14H8BrClN2OS2/c15-10-3-2-8(20)6-9(10)13(19)18-14-17-11-4-1-7(16)5-12(11)21-14/h1-6,20H,(H,17,18,19). The summed E-state index contributed by atoms with van der Waals surface area (Å²) in [5.74, 6) is -0.233. The van der Waals surface area contributed by atoms with Crippen molar-refractivity contribution < 1.29 is 4.79 Å². The van der Waals surface area contributed by atoms with Gasteiger partial charge in [-0.05, 0) is 52.3 Å². The van der Waals surface area contributed by atoms with Crippen LogP contribution in [0.25, 0.3) is 10.2 Å². The Balaban J connectivity index is 1.90. The van der Waals surface area contributed by atoms with E-state index in [-0.39, 0.29) is 5.91 Å². The number of benzene rings is 2. The van der Waals surface area contributed by atoms with E-state index in [2.05, 4.69) is 38.9 Å². The van der Waals surface area contributed by atoms with Gasteiger partial charge in [-0.3, -0.25) is 10.1 Å². The van der Waals surface area contributed by atoms with Gasteiger partial charge in [0.2, 0.25) is 0 Å². The number of carbonyl (C=O) groups is 1. The van der Waals surface area contributed by atoms with Gasteiger partial charge in [0.1, 0.15) is 0 Å². The van der Waals surface area contributed by atoms with Gasteiger partial charge < -0.3 is 0 Å². The highest BCUT2D eigenvalue weighted by Crippen LogP contribution is 2.29. The molecule has 1 aromatic heterocycles. The van der Waals surface area contributed by atoms with Crippen molar-refractivity contribution in [2.24, 2.45) is 0 Å². The summed E-state index contributed by atoms with van der Waals surface area (Å²) in [6.07, 6.45) is 0. The molecular weight excluding hydrogens is 392 g/mol. The van der Waals surface area contributed by atoms with E-state index in [1.54, 1.807) is 18.2 Å². The van der Waals surface area contributed by atoms with Crippen molar-refractivity contribution in [3.8, 4) is 0 Å². The van der Waals surface area contributed by atoms with Crippen molar-refractivity contribution in [3.63, 3.8) is 0 Å². The molecule has 0 radical (unpaired) electrons. The summed E-state index contributed by atoms with van der Waals surface area (Å²) in [7, 11) is 0. The van der Waals surface area contributed by atoms with E-state index >= 15 is 0 Å². The van der Waals surface area contributed by atoms with Crippen LogP contribution >= 0.6 is 51.5 Å². The highest BCUT2D eigenvalue weighted by Gasteiger charge is 2.13. The van der Waals surface area contributed by atoms with Crippen LogP contribution in [0.15, 0.2) is 45.8 Å². The first kappa shape index (κ1) is 14.8. The van der Waals surface area contributed by atoms with Crippen LogP contribution in [0.2, 0.25) is 5.02 Å². The smallest absolute Gasteiger partial charge is 0.258 e. The van der Waals surface area contributed by atoms with E-state index in [4.69, 9.17) is 11.6 Å². The third kappa shape index (κ3) is 3.23. The van der Waals surface area contributed by atoms with Crippen molar-refractivity contribution in [2.45, 2.75) is 4.90 Å². The lowest BCUT2D eigenvalue weighted by Gasteiger charge is -2.04. The lowest BCUT2D eigenvalue weighted by atomic mass is 10.2. The second-order valence-corrected chi connectivity index (χ2v) is 7.09. The van der Waals surface area contributed by atoms with Crippen molar-refractivity contribution in [3.05, 3.63) is 51.5 Å². The zero-order chi connectivity index (χ0) is 15.0. The number of thiol groups is 1. The third-order valence-corrected chi connectivity index (χ3v) is 4.90. The van der Waals surface area contributed by atoms with Gasteiger partial charge in [-0.2, -0.15) is 0 Å². The number of hydrogen-bond acceptors (Lipinski definition) is 4. The number of thiazole rings is 1. The summed E-state index contributed by atoms with van der Waals surface area (Å²) in [5, 5.41) is 3.98. The van der Waals surface area contributed by atoms with Crippen LogP contribution in [0.3, 0.4) is 0 Å². The number of hydrogen-bond donors (Lipinski definition) is 2. The molecule has 0 bridgehead atoms. The maximum absolute atomic E-state index is 12.3. The first-order valence-electron chi connectivity index (χ1n) is 5.89. The molecule has 0 spiro atoms. The fourth-order valence-electron chi connectivity index (χ4n) is 1.80. The van der Waals surface area contributed by atoms with Gasteiger partial charge in [0.25, 0.3) is 5.91 Å². The van der Waals surface area contributed by atoms with Crippen LogP contribution in [-0.4, -0.2) is 10.9 Å². The molecular formula is C14H8BrClN2OS2. The second-order valence-electron chi connectivity index (χ2n) is 4.25. The summed E-state index contributed by atoms with van der Waals surface area (Å²) in [4.78, 5) is 17.4. The molecule has 0 saturated carbocycles. The van der Waals surface area contributed by atoms with Gasteiger partial charge in [0, 0.05) is 14.4 Å². The molecule has 0 aliphatic carbocycles. The zero-order valence-electron chi connectivity index (χ0n) is 10.4. The van der Waals surface area contributed by atoms with Gasteiger partial charge in [0.15, 0.2) is 5.13 Å². The maximum atomic E-state index is 12.3. The molecule has 0 saturated heterocycles. The van der Waals surface area contributed by atoms with Crippen molar-refractivity contribution >= 4 is 72.8 Å². The van der Waals surface area contributed by atoms with Gasteiger partial charge >= 0.3 is 0 Å². The molecule has 3 aromatic rings. The average molecular weight is 400 g/mol. The second kappa shape index (κ2) is 5.96. The number of halogens is 2. The molecule has 106 valence electrons. The molecule has 7 heteroatoms. The van der Waals surface area contributed by atoms with E-state index < -0.39 is 0 Å². The number of carbonyl (C=O) groups excluding carboxylic acids is 1. The monoisotopic (exact) mass is 398 g/mol. The Kier molecular flexibility index (Phi) is 4.21. The molecule has 3 nitrogen and oxygen atoms in total. The van der Waals surface area contributed by atoms with Gasteiger partial charge in [-0.1, -0.05) is 22.9 Å². The number of amides is 1. The third-order valence-electron chi connectivity index (χ3n) is 2.77. The van der Waals surface area contributed by atoms with E-state index in [1.807, 2.05) is 18.2 Å². The SMILES string of the molecule is O=C(Nc1nc2ccc(Cl)cc2s1)c1cc(S)ccc1Br. The van der Waals surface area contributed by atoms with Gasteiger partial charge in [0.05, 0.1) is 15.8 Å². The number of rotatable bonds is 2. The minimum Gasteiger partial charge on any atom is -0.298 e. The number of fused-ring (bicyclic) bond motifs is 1. The number of nitrogens with one attached hydrogen (secondary N) is 1. The highest BCUT2D eigenvalue weighted by molar-refractivity contribution is 9.10. The Hall–Kier alpha value is -1.08. The first-order chi connectivity index (χ1) is 10.0. The molecule has 2 aromatic carbocycles. The highest BCUT2D eigenvalue weighted by atomic mass is 79.9. The predicted molar refractivity (Wildman–Crippen MR) is 94.0 cm³/mol. The molecule has 0 fully saturated rings. The minimum atomic E-state index is -0.233. The molecule has 1 amide bonds. The molecule has 1 N–H and O–H groups in total. The van der Waals surface area contributed by atoms with Crippen LogP contribution < -0.4 is 5.32 Å². The van der Waals surface area contributed by atoms with Gasteiger partial charge in [-0.25, -0.2) is 4.98 Å². The van der Waals surface area contributed by atoms with Crippen LogP contribution in [-0.2, 0) is 0 Å². The van der Waals surface area contributed by atoms with E-state index in [0.29, 0.717) is 20.2 Å². The molecule has 0 aliphatic heterocycles. The summed E-state index contributed by atoms with van der Waals surface area (Å²) < 4.78 is 1.64. The zero-order valence-corrected chi connectivity index (χ0v) is 14.5. The van der Waals surface area contributed by atoms with E-state index in [1.165, 1.54) is 11.3 Å². The number of aromatic nitrogens is 1. The number of anilines is 1. The topological polar surface area (TPSA) is 42.0 Å². The lowest BCUT2D eigenvalue weighted by molar-refractivity contribution is 0.102. The Bertz CT molecular complexity index is 850. The lowest BCUT2D eigenvalue weighted by Crippen LogP contribution is -2.12. The molecule has 1 heterocycles. The summed E-state index contributed by atoms with van der Waals surface area (Å²) in [6, 6.07) is 10.7. The van der Waals surface area contributed by atoms with Crippen LogP contribution in [0, 0.1) is 0 Å². The summed E-state index contributed by atoms with van der Waals surface area (Å²) in [6.45, 7) is 0. The predicted octanol–water partition coefficient (Wildman–Crippen LogP) is 5.25. The molecule has 21 heavy (non-hydrogen) atoms. The van der Waals surface area contributed by atoms with Crippen LogP contribution in [0.1, 0.15) is 10.4 Å². The quantitative estimate of drug-likeness (QED) is 0.578. The van der Waals surface area contributed by atoms with Crippen molar-refractivity contribution in [2.75, 3.05) is 5.32 Å². The van der Waals surface area contributed by atoms with Crippen LogP contribution in [0.5, 0.6) is 0 Å². The fraction of sp³-hybridized carbons (Fsp3) is 0. The Morgan fingerprint density at radius 3 is 2.90 bits per heavy atom. The van der Waals surface area contributed by atoms with Crippen molar-refractivity contribution in [1.82, 2.24) is 4.98 Å². The Morgan fingerprint density at radius 2 is 2.10 bits per heavy atom. The van der Waals surface area contributed by atoms with Crippen molar-refractivity contribution in [1.29, 1.82) is 0 Å². The van der Waals surface area contributed by atoms with Crippen LogP contribution in [0.4, 0.5) is 5.13 Å². The van der Waals surface area contributed by atoms with E-state index in [0.717, 1.165) is 15.1 Å². The summed E-state index contributed by atoms with van der Waals surface area (Å²) >= 11 is 14.9. The molecule has 0 atom stereocenters. The van der Waals surface area contributed by atoms with E-state index in [9.17, 15) is 4.79 Å². The normalized spacial score (nSPS) is 10.8. The maximum Gasteiger partial charge on any atom is 0.258 e.